The summed E-state index contributed by atoms with van der Waals surface area (Å²) in [6.07, 6.45) is 4.29. The lowest BCUT2D eigenvalue weighted by Gasteiger charge is -2.43. The van der Waals surface area contributed by atoms with Gasteiger partial charge in [-0.3, -0.25) is 10.2 Å². The molecule has 4 heteroatoms. The number of carbonyl (C=O) groups is 1. The van der Waals surface area contributed by atoms with E-state index in [0.717, 1.165) is 32.5 Å². The zero-order valence-electron chi connectivity index (χ0n) is 11.3. The molecule has 2 saturated heterocycles. The number of nitrogens with zero attached hydrogens (tertiary/aromatic N) is 2. The van der Waals surface area contributed by atoms with Crippen LogP contribution in [0.25, 0.3) is 0 Å². The van der Waals surface area contributed by atoms with E-state index in [1.165, 1.54) is 12.8 Å². The highest BCUT2D eigenvalue weighted by Gasteiger charge is 2.42. The van der Waals surface area contributed by atoms with Crippen LogP contribution in [-0.4, -0.2) is 48.5 Å². The summed E-state index contributed by atoms with van der Waals surface area (Å²) >= 11 is 0. The Bertz CT molecular complexity index is 288. The van der Waals surface area contributed by atoms with Crippen LogP contribution in [0.3, 0.4) is 0 Å². The van der Waals surface area contributed by atoms with Gasteiger partial charge in [0.2, 0.25) is 5.91 Å². The molecule has 2 atom stereocenters. The highest BCUT2D eigenvalue weighted by Crippen LogP contribution is 2.36. The third kappa shape index (κ3) is 2.47. The molecular weight excluding hydrogens is 214 g/mol. The Morgan fingerprint density at radius 2 is 1.94 bits per heavy atom. The Kier molecular flexibility index (Phi) is 3.73. The molecule has 1 N–H and O–H groups in total. The minimum absolute atomic E-state index is 0.142. The van der Waals surface area contributed by atoms with Crippen LogP contribution in [0.15, 0.2) is 0 Å². The van der Waals surface area contributed by atoms with E-state index in [1.807, 2.05) is 7.05 Å². The van der Waals surface area contributed by atoms with Gasteiger partial charge in [-0.2, -0.15) is 0 Å². The molecule has 0 aromatic rings. The van der Waals surface area contributed by atoms with Gasteiger partial charge in [-0.15, -0.1) is 0 Å². The Morgan fingerprint density at radius 1 is 1.29 bits per heavy atom. The molecule has 2 aliphatic rings. The standard InChI is InChI=1S/C13H25N3O/c1-11-10-13(2,6-9-16(11)14-3)12(17)15-7-4-5-8-15/h11,14H,4-10H2,1-3H3/t11-,13-/m0/s1. The maximum absolute atomic E-state index is 12.5. The molecule has 0 aliphatic carbocycles. The summed E-state index contributed by atoms with van der Waals surface area (Å²) in [5, 5.41) is 2.24. The molecule has 0 bridgehead atoms. The van der Waals surface area contributed by atoms with Crippen molar-refractivity contribution in [1.29, 1.82) is 0 Å². The average Bonchev–Trinajstić information content (AvgIpc) is 2.81. The summed E-state index contributed by atoms with van der Waals surface area (Å²) in [5.41, 5.74) is 3.07. The molecule has 17 heavy (non-hydrogen) atoms. The maximum Gasteiger partial charge on any atom is 0.228 e. The van der Waals surface area contributed by atoms with Gasteiger partial charge in [0, 0.05) is 31.1 Å². The van der Waals surface area contributed by atoms with E-state index in [9.17, 15) is 4.79 Å². The van der Waals surface area contributed by atoms with Crippen molar-refractivity contribution in [1.82, 2.24) is 15.3 Å². The predicted molar refractivity (Wildman–Crippen MR) is 68.4 cm³/mol. The molecule has 98 valence electrons. The molecule has 0 saturated carbocycles. The van der Waals surface area contributed by atoms with Gasteiger partial charge < -0.3 is 4.90 Å². The maximum atomic E-state index is 12.5. The summed E-state index contributed by atoms with van der Waals surface area (Å²) in [4.78, 5) is 14.6. The first-order chi connectivity index (χ1) is 8.07. The summed E-state index contributed by atoms with van der Waals surface area (Å²) in [6.45, 7) is 7.26. The van der Waals surface area contributed by atoms with E-state index >= 15 is 0 Å². The smallest absolute Gasteiger partial charge is 0.228 e. The molecule has 4 nitrogen and oxygen atoms in total. The topological polar surface area (TPSA) is 35.6 Å². The molecule has 0 radical (unpaired) electrons. The number of amides is 1. The van der Waals surface area contributed by atoms with Crippen molar-refractivity contribution in [2.75, 3.05) is 26.7 Å². The number of hydrazine groups is 1. The van der Waals surface area contributed by atoms with Crippen LogP contribution in [0, 0.1) is 5.41 Å². The van der Waals surface area contributed by atoms with Crippen LogP contribution < -0.4 is 5.43 Å². The fraction of sp³-hybridized carbons (Fsp3) is 0.923. The van der Waals surface area contributed by atoms with E-state index in [-0.39, 0.29) is 5.41 Å². The van der Waals surface area contributed by atoms with Crippen molar-refractivity contribution in [2.45, 2.75) is 45.6 Å². The second kappa shape index (κ2) is 4.94. The van der Waals surface area contributed by atoms with Gasteiger partial charge in [-0.05, 0) is 39.7 Å². The van der Waals surface area contributed by atoms with Crippen LogP contribution in [0.5, 0.6) is 0 Å². The number of rotatable bonds is 2. The number of nitrogens with one attached hydrogen (secondary N) is 1. The first kappa shape index (κ1) is 12.8. The fourth-order valence-corrected chi connectivity index (χ4v) is 3.28. The Hall–Kier alpha value is -0.610. The molecular formula is C13H25N3O. The molecule has 1 amide bonds. The van der Waals surface area contributed by atoms with Gasteiger partial charge in [-0.1, -0.05) is 6.92 Å². The molecule has 0 aromatic carbocycles. The van der Waals surface area contributed by atoms with Crippen LogP contribution in [0.4, 0.5) is 0 Å². The SMILES string of the molecule is CNN1CC[C@](C)(C(=O)N2CCCC2)C[C@@H]1C. The lowest BCUT2D eigenvalue weighted by Crippen LogP contribution is -2.54. The van der Waals surface area contributed by atoms with Crippen molar-refractivity contribution in [3.8, 4) is 0 Å². The van der Waals surface area contributed by atoms with Gasteiger partial charge in [0.15, 0.2) is 0 Å². The van der Waals surface area contributed by atoms with E-state index in [2.05, 4.69) is 29.2 Å². The quantitative estimate of drug-likeness (QED) is 0.787. The Labute approximate surface area is 104 Å². The van der Waals surface area contributed by atoms with Gasteiger partial charge in [-0.25, -0.2) is 5.01 Å². The van der Waals surface area contributed by atoms with Crippen LogP contribution in [0.2, 0.25) is 0 Å². The van der Waals surface area contributed by atoms with Crippen molar-refractivity contribution in [3.05, 3.63) is 0 Å². The molecule has 2 rings (SSSR count). The van der Waals surface area contributed by atoms with Crippen LogP contribution >= 0.6 is 0 Å². The third-order valence-corrected chi connectivity index (χ3v) is 4.38. The Morgan fingerprint density at radius 3 is 2.47 bits per heavy atom. The second-order valence-corrected chi connectivity index (χ2v) is 5.78. The van der Waals surface area contributed by atoms with Gasteiger partial charge >= 0.3 is 0 Å². The van der Waals surface area contributed by atoms with Gasteiger partial charge in [0.05, 0.1) is 0 Å². The number of hydrogen-bond acceptors (Lipinski definition) is 3. The lowest BCUT2D eigenvalue weighted by molar-refractivity contribution is -0.144. The summed E-state index contributed by atoms with van der Waals surface area (Å²) in [5.74, 6) is 0.387. The second-order valence-electron chi connectivity index (χ2n) is 5.78. The van der Waals surface area contributed by atoms with Crippen LogP contribution in [-0.2, 0) is 4.79 Å². The van der Waals surface area contributed by atoms with Crippen molar-refractivity contribution < 1.29 is 4.79 Å². The van der Waals surface area contributed by atoms with Gasteiger partial charge in [0.25, 0.3) is 0 Å². The molecule has 2 heterocycles. The zero-order chi connectivity index (χ0) is 12.5. The molecule has 0 spiro atoms. The normalized spacial score (nSPS) is 35.2. The molecule has 2 fully saturated rings. The molecule has 0 unspecified atom stereocenters. The minimum Gasteiger partial charge on any atom is -0.342 e. The third-order valence-electron chi connectivity index (χ3n) is 4.38. The summed E-state index contributed by atoms with van der Waals surface area (Å²) in [6, 6.07) is 0.435. The van der Waals surface area contributed by atoms with E-state index in [0.29, 0.717) is 11.9 Å². The van der Waals surface area contributed by atoms with Crippen molar-refractivity contribution >= 4 is 5.91 Å². The summed E-state index contributed by atoms with van der Waals surface area (Å²) < 4.78 is 0. The lowest BCUT2D eigenvalue weighted by atomic mass is 9.76. The number of hydrogen-bond donors (Lipinski definition) is 1. The highest BCUT2D eigenvalue weighted by atomic mass is 16.2. The molecule has 0 aromatic heterocycles. The van der Waals surface area contributed by atoms with E-state index < -0.39 is 0 Å². The van der Waals surface area contributed by atoms with Gasteiger partial charge in [0.1, 0.15) is 0 Å². The predicted octanol–water partition coefficient (Wildman–Crippen LogP) is 1.23. The Balaban J connectivity index is 2.01. The summed E-state index contributed by atoms with van der Waals surface area (Å²) in [7, 11) is 1.96. The first-order valence-electron chi connectivity index (χ1n) is 6.80. The number of likely N-dealkylation sites (tertiary alicyclic amines) is 1. The number of carbonyl (C=O) groups excluding carboxylic acids is 1. The van der Waals surface area contributed by atoms with E-state index in [4.69, 9.17) is 0 Å². The van der Waals surface area contributed by atoms with E-state index in [1.54, 1.807) is 0 Å². The van der Waals surface area contributed by atoms with Crippen molar-refractivity contribution in [3.63, 3.8) is 0 Å². The molecule has 2 aliphatic heterocycles. The monoisotopic (exact) mass is 239 g/mol. The first-order valence-corrected chi connectivity index (χ1v) is 6.80. The zero-order valence-corrected chi connectivity index (χ0v) is 11.3. The fourth-order valence-electron chi connectivity index (χ4n) is 3.28. The van der Waals surface area contributed by atoms with Crippen molar-refractivity contribution in [2.24, 2.45) is 5.41 Å². The largest absolute Gasteiger partial charge is 0.342 e. The highest BCUT2D eigenvalue weighted by molar-refractivity contribution is 5.82. The number of piperidine rings is 1. The van der Waals surface area contributed by atoms with Crippen LogP contribution in [0.1, 0.15) is 39.5 Å². The average molecular weight is 239 g/mol. The minimum atomic E-state index is -0.142.